The molecule has 0 amide bonds. The molecule has 1 aromatic carbocycles. The van der Waals surface area contributed by atoms with Crippen molar-refractivity contribution in [2.24, 2.45) is 0 Å². The van der Waals surface area contributed by atoms with E-state index in [0.717, 1.165) is 0 Å². The molecule has 0 unspecified atom stereocenters. The van der Waals surface area contributed by atoms with E-state index < -0.39 is 33.6 Å². The van der Waals surface area contributed by atoms with Gasteiger partial charge in [-0.2, -0.15) is 0 Å². The maximum atomic E-state index is 12.1. The van der Waals surface area contributed by atoms with Crippen LogP contribution < -0.4 is 11.2 Å². The first-order chi connectivity index (χ1) is 11.0. The lowest BCUT2D eigenvalue weighted by atomic mass is 10.1. The summed E-state index contributed by atoms with van der Waals surface area (Å²) >= 11 is 1.98. The topological polar surface area (TPSA) is 105 Å². The van der Waals surface area contributed by atoms with Crippen LogP contribution in [0.3, 0.4) is 0 Å². The summed E-state index contributed by atoms with van der Waals surface area (Å²) in [6.45, 7) is -0.346. The van der Waals surface area contributed by atoms with Crippen molar-refractivity contribution in [2.45, 2.75) is 22.4 Å². The van der Waals surface area contributed by atoms with Gasteiger partial charge in [-0.15, -0.1) is 0 Å². The summed E-state index contributed by atoms with van der Waals surface area (Å²) in [5.41, 5.74) is -0.101. The van der Waals surface area contributed by atoms with Crippen LogP contribution in [0.15, 0.2) is 46.1 Å². The number of nitrogens with one attached hydrogen (secondary N) is 1. The summed E-state index contributed by atoms with van der Waals surface area (Å²) < 4.78 is 6.38. The number of benzene rings is 1. The van der Waals surface area contributed by atoms with E-state index in [9.17, 15) is 19.8 Å². The van der Waals surface area contributed by atoms with Crippen molar-refractivity contribution in [3.8, 4) is 11.1 Å². The molecule has 0 radical (unpaired) electrons. The Bertz CT molecular complexity index is 804. The summed E-state index contributed by atoms with van der Waals surface area (Å²) in [4.78, 5) is 26.5. The van der Waals surface area contributed by atoms with Gasteiger partial charge in [0.25, 0.3) is 5.56 Å². The van der Waals surface area contributed by atoms with Crippen molar-refractivity contribution in [2.75, 3.05) is 6.61 Å². The first-order valence-electron chi connectivity index (χ1n) is 7.02. The molecular formula is C15H15IN2O5. The Morgan fingerprint density at radius 2 is 1.96 bits per heavy atom. The fourth-order valence-electron chi connectivity index (χ4n) is 2.58. The minimum Gasteiger partial charge on any atom is -0.394 e. The smallest absolute Gasteiger partial charge is 0.330 e. The number of hydrogen-bond donors (Lipinski definition) is 3. The fraction of sp³-hybridized carbons (Fsp3) is 0.333. The molecule has 3 N–H and O–H groups in total. The van der Waals surface area contributed by atoms with Gasteiger partial charge in [0, 0.05) is 6.20 Å². The number of H-pyrrole nitrogens is 1. The molecule has 122 valence electrons. The van der Waals surface area contributed by atoms with E-state index in [-0.39, 0.29) is 6.61 Å². The molecule has 0 bridgehead atoms. The molecule has 1 aliphatic rings. The van der Waals surface area contributed by atoms with Crippen LogP contribution in [-0.2, 0) is 4.74 Å². The molecule has 1 saturated heterocycles. The van der Waals surface area contributed by atoms with Gasteiger partial charge >= 0.3 is 5.69 Å². The lowest BCUT2D eigenvalue weighted by Gasteiger charge is -2.17. The highest BCUT2D eigenvalue weighted by Gasteiger charge is 2.43. The number of aliphatic hydroxyl groups is 2. The summed E-state index contributed by atoms with van der Waals surface area (Å²) in [7, 11) is 0. The second-order valence-electron chi connectivity index (χ2n) is 5.26. The van der Waals surface area contributed by atoms with Crippen molar-refractivity contribution in [3.05, 3.63) is 57.4 Å². The Kier molecular flexibility index (Phi) is 4.67. The van der Waals surface area contributed by atoms with Crippen molar-refractivity contribution < 1.29 is 14.9 Å². The Labute approximate surface area is 144 Å². The van der Waals surface area contributed by atoms with Gasteiger partial charge in [0.2, 0.25) is 0 Å². The van der Waals surface area contributed by atoms with Crippen LogP contribution in [0, 0.1) is 0 Å². The number of nitrogens with zero attached hydrogens (tertiary/aromatic N) is 1. The average Bonchev–Trinajstić information content (AvgIpc) is 2.84. The lowest BCUT2D eigenvalue weighted by Crippen LogP contribution is -2.36. The monoisotopic (exact) mass is 430 g/mol. The summed E-state index contributed by atoms with van der Waals surface area (Å²) in [5.74, 6) is 0. The maximum Gasteiger partial charge on any atom is 0.330 e. The average molecular weight is 430 g/mol. The van der Waals surface area contributed by atoms with Gasteiger partial charge in [-0.3, -0.25) is 14.3 Å². The SMILES string of the molecule is O=c1[nH]c(=O)n([C@@H]2O[C@H](CO)[C@@H](O)[C@H]2I)cc1-c1ccccc1. The molecule has 0 spiro atoms. The molecule has 23 heavy (non-hydrogen) atoms. The number of halogens is 1. The van der Waals surface area contributed by atoms with E-state index in [2.05, 4.69) is 4.98 Å². The number of hydrogen-bond acceptors (Lipinski definition) is 5. The molecule has 2 heterocycles. The van der Waals surface area contributed by atoms with Crippen LogP contribution in [0.2, 0.25) is 0 Å². The van der Waals surface area contributed by atoms with E-state index in [0.29, 0.717) is 11.1 Å². The van der Waals surface area contributed by atoms with Crippen LogP contribution >= 0.6 is 22.6 Å². The van der Waals surface area contributed by atoms with Gasteiger partial charge in [0.05, 0.1) is 22.2 Å². The van der Waals surface area contributed by atoms with Crippen LogP contribution in [0.5, 0.6) is 0 Å². The Morgan fingerprint density at radius 3 is 2.57 bits per heavy atom. The molecule has 7 nitrogen and oxygen atoms in total. The van der Waals surface area contributed by atoms with Crippen LogP contribution in [-0.4, -0.2) is 42.5 Å². The van der Waals surface area contributed by atoms with Crippen LogP contribution in [0.4, 0.5) is 0 Å². The highest BCUT2D eigenvalue weighted by molar-refractivity contribution is 14.1. The molecule has 4 atom stereocenters. The predicted molar refractivity (Wildman–Crippen MR) is 91.6 cm³/mol. The minimum atomic E-state index is -0.899. The van der Waals surface area contributed by atoms with Crippen molar-refractivity contribution >= 4 is 22.6 Å². The fourth-order valence-corrected chi connectivity index (χ4v) is 3.56. The van der Waals surface area contributed by atoms with Gasteiger partial charge < -0.3 is 14.9 Å². The number of aromatic amines is 1. The standard InChI is InChI=1S/C15H15IN2O5/c16-11-12(20)10(7-19)23-14(11)18-6-9(13(21)17-15(18)22)8-4-2-1-3-5-8/h1-6,10-12,14,19-20H,7H2,(H,17,21,22)/t10-,11-,12-,14-/m1/s1. The molecule has 8 heteroatoms. The molecule has 2 aromatic rings. The third-order valence-corrected chi connectivity index (χ3v) is 5.15. The van der Waals surface area contributed by atoms with E-state index in [1.807, 2.05) is 28.7 Å². The highest BCUT2D eigenvalue weighted by atomic mass is 127. The Hall–Kier alpha value is -1.49. The summed E-state index contributed by atoms with van der Waals surface area (Å²) in [6, 6.07) is 8.95. The van der Waals surface area contributed by atoms with E-state index in [1.54, 1.807) is 24.3 Å². The van der Waals surface area contributed by atoms with Crippen molar-refractivity contribution in [1.29, 1.82) is 0 Å². The zero-order valence-corrected chi connectivity index (χ0v) is 14.1. The highest BCUT2D eigenvalue weighted by Crippen LogP contribution is 2.34. The lowest BCUT2D eigenvalue weighted by molar-refractivity contribution is -0.0455. The Morgan fingerprint density at radius 1 is 1.26 bits per heavy atom. The van der Waals surface area contributed by atoms with Gasteiger partial charge in [-0.05, 0) is 5.56 Å². The molecule has 1 fully saturated rings. The quantitative estimate of drug-likeness (QED) is 0.479. The molecule has 1 aliphatic heterocycles. The number of alkyl halides is 1. The minimum absolute atomic E-state index is 0.333. The van der Waals surface area contributed by atoms with E-state index in [4.69, 9.17) is 4.74 Å². The zero-order valence-electron chi connectivity index (χ0n) is 11.9. The molecular weight excluding hydrogens is 415 g/mol. The van der Waals surface area contributed by atoms with Gasteiger partial charge in [-0.25, -0.2) is 4.79 Å². The van der Waals surface area contributed by atoms with Crippen LogP contribution in [0.25, 0.3) is 11.1 Å². The van der Waals surface area contributed by atoms with E-state index in [1.165, 1.54) is 10.8 Å². The second kappa shape index (κ2) is 6.56. The number of aromatic nitrogens is 2. The van der Waals surface area contributed by atoms with Crippen LogP contribution in [0.1, 0.15) is 6.23 Å². The van der Waals surface area contributed by atoms with Gasteiger partial charge in [-0.1, -0.05) is 52.9 Å². The third kappa shape index (κ3) is 2.99. The van der Waals surface area contributed by atoms with Gasteiger partial charge in [0.15, 0.2) is 6.23 Å². The van der Waals surface area contributed by atoms with Crippen molar-refractivity contribution in [1.82, 2.24) is 9.55 Å². The molecule has 1 aromatic heterocycles. The zero-order chi connectivity index (χ0) is 16.6. The Balaban J connectivity index is 2.08. The molecule has 0 saturated carbocycles. The van der Waals surface area contributed by atoms with Gasteiger partial charge in [0.1, 0.15) is 6.10 Å². The first kappa shape index (κ1) is 16.4. The summed E-state index contributed by atoms with van der Waals surface area (Å²) in [5, 5.41) is 19.3. The third-order valence-electron chi connectivity index (χ3n) is 3.80. The number of ether oxygens (including phenoxy) is 1. The number of rotatable bonds is 3. The van der Waals surface area contributed by atoms with Crippen molar-refractivity contribution in [3.63, 3.8) is 0 Å². The normalized spacial score (nSPS) is 27.3. The predicted octanol–water partition coefficient (Wildman–Crippen LogP) is 0.258. The van der Waals surface area contributed by atoms with E-state index >= 15 is 0 Å². The second-order valence-corrected chi connectivity index (χ2v) is 6.70. The molecule has 3 rings (SSSR count). The summed E-state index contributed by atoms with van der Waals surface area (Å²) in [6.07, 6.45) is -1.00. The first-order valence-corrected chi connectivity index (χ1v) is 8.27. The molecule has 0 aliphatic carbocycles. The largest absolute Gasteiger partial charge is 0.394 e. The maximum absolute atomic E-state index is 12.1. The number of aliphatic hydroxyl groups excluding tert-OH is 2.